The number of hydrogen-bond donors (Lipinski definition) is 0. The van der Waals surface area contributed by atoms with Gasteiger partial charge in [-0.3, -0.25) is 4.79 Å². The molecule has 30 heavy (non-hydrogen) atoms. The number of likely N-dealkylation sites (tertiary alicyclic amines) is 1. The first-order valence-electron chi connectivity index (χ1n) is 10.1. The van der Waals surface area contributed by atoms with Gasteiger partial charge in [-0.15, -0.1) is 0 Å². The summed E-state index contributed by atoms with van der Waals surface area (Å²) in [6, 6.07) is 11.2. The summed E-state index contributed by atoms with van der Waals surface area (Å²) < 4.78 is 28.1. The summed E-state index contributed by atoms with van der Waals surface area (Å²) in [5.74, 6) is -1.08. The lowest BCUT2D eigenvalue weighted by Crippen LogP contribution is -2.39. The number of carbonyl (C=O) groups excluding carboxylic acids is 1. The topological polar surface area (TPSA) is 47.3 Å². The molecule has 1 aliphatic heterocycles. The predicted molar refractivity (Wildman–Crippen MR) is 111 cm³/mol. The van der Waals surface area contributed by atoms with Gasteiger partial charge in [-0.1, -0.05) is 23.7 Å². The molecule has 1 saturated carbocycles. The Hall–Kier alpha value is -2.65. The van der Waals surface area contributed by atoms with Crippen molar-refractivity contribution in [2.75, 3.05) is 18.0 Å². The lowest BCUT2D eigenvalue weighted by atomic mass is 10.1. The van der Waals surface area contributed by atoms with Gasteiger partial charge in [0.15, 0.2) is 11.6 Å². The minimum Gasteiger partial charge on any atom is -0.362 e. The van der Waals surface area contributed by atoms with Crippen LogP contribution >= 0.6 is 11.6 Å². The van der Waals surface area contributed by atoms with Gasteiger partial charge in [-0.25, -0.2) is 8.78 Å². The predicted octanol–water partition coefficient (Wildman–Crippen LogP) is 4.90. The number of nitrogens with zero attached hydrogens (tertiary/aromatic N) is 3. The van der Waals surface area contributed by atoms with E-state index in [1.54, 1.807) is 24.3 Å². The number of nitriles is 1. The van der Waals surface area contributed by atoms with Crippen molar-refractivity contribution in [3.05, 3.63) is 64.2 Å². The second kappa shape index (κ2) is 8.61. The van der Waals surface area contributed by atoms with Gasteiger partial charge in [0.1, 0.15) is 6.07 Å². The molecule has 156 valence electrons. The molecule has 0 bridgehead atoms. The Morgan fingerprint density at radius 3 is 2.73 bits per heavy atom. The van der Waals surface area contributed by atoms with E-state index in [-0.39, 0.29) is 24.1 Å². The molecule has 0 radical (unpaired) electrons. The molecule has 1 saturated heterocycles. The van der Waals surface area contributed by atoms with E-state index in [4.69, 9.17) is 16.9 Å². The monoisotopic (exact) mass is 429 g/mol. The van der Waals surface area contributed by atoms with Crippen LogP contribution in [0.3, 0.4) is 0 Å². The van der Waals surface area contributed by atoms with Crippen LogP contribution < -0.4 is 4.90 Å². The van der Waals surface area contributed by atoms with Gasteiger partial charge in [0.2, 0.25) is 5.91 Å². The molecular weight excluding hydrogens is 408 g/mol. The lowest BCUT2D eigenvalue weighted by Gasteiger charge is -2.32. The van der Waals surface area contributed by atoms with Gasteiger partial charge in [-0.2, -0.15) is 5.26 Å². The largest absolute Gasteiger partial charge is 0.362 e. The normalized spacial score (nSPS) is 18.3. The maximum Gasteiger partial charge on any atom is 0.222 e. The molecule has 0 spiro atoms. The van der Waals surface area contributed by atoms with Gasteiger partial charge in [-0.05, 0) is 49.4 Å². The van der Waals surface area contributed by atoms with Crippen LogP contribution in [0.2, 0.25) is 5.02 Å². The molecule has 7 heteroatoms. The van der Waals surface area contributed by atoms with Gasteiger partial charge in [0, 0.05) is 43.3 Å². The Morgan fingerprint density at radius 2 is 2.03 bits per heavy atom. The first-order chi connectivity index (χ1) is 14.5. The minimum atomic E-state index is -0.891. The van der Waals surface area contributed by atoms with Crippen molar-refractivity contribution >= 4 is 23.2 Å². The van der Waals surface area contributed by atoms with Crippen LogP contribution in [-0.2, 0) is 11.3 Å². The Morgan fingerprint density at radius 1 is 1.23 bits per heavy atom. The number of benzene rings is 2. The van der Waals surface area contributed by atoms with E-state index < -0.39 is 11.6 Å². The third-order valence-electron chi connectivity index (χ3n) is 5.89. The Balaban J connectivity index is 1.60. The van der Waals surface area contributed by atoms with E-state index >= 15 is 0 Å². The van der Waals surface area contributed by atoms with E-state index in [9.17, 15) is 13.6 Å². The van der Waals surface area contributed by atoms with Crippen LogP contribution in [0.15, 0.2) is 36.4 Å². The molecule has 1 aliphatic carbocycles. The highest BCUT2D eigenvalue weighted by atomic mass is 35.5. The number of halogens is 3. The molecule has 4 rings (SSSR count). The fraction of sp³-hybridized carbons (Fsp3) is 0.391. The summed E-state index contributed by atoms with van der Waals surface area (Å²) in [4.78, 5) is 16.4. The van der Waals surface area contributed by atoms with Crippen LogP contribution in [0.4, 0.5) is 14.5 Å². The SMILES string of the molecule is N#Cc1ccc(N(Cc2cccc(F)c2F)[C@H]2CCN(C(=O)CC3CC3)C2)cc1Cl. The molecule has 0 N–H and O–H groups in total. The standard InChI is InChI=1S/C23H22ClF2N3O/c24-20-11-18(7-6-16(20)12-27)29(13-17-2-1-3-21(25)23(17)26)19-8-9-28(14-19)22(30)10-15-4-5-15/h1-3,6-7,11,15,19H,4-5,8-10,13-14H2/t19-/m0/s1. The van der Waals surface area contributed by atoms with Crippen LogP contribution in [0.25, 0.3) is 0 Å². The van der Waals surface area contributed by atoms with Crippen molar-refractivity contribution < 1.29 is 13.6 Å². The van der Waals surface area contributed by atoms with Gasteiger partial charge in [0.05, 0.1) is 10.6 Å². The number of amides is 1. The molecule has 2 aliphatic rings. The summed E-state index contributed by atoms with van der Waals surface area (Å²) in [5, 5.41) is 9.46. The third kappa shape index (κ3) is 4.41. The molecule has 2 aromatic carbocycles. The molecule has 4 nitrogen and oxygen atoms in total. The molecule has 0 aromatic heterocycles. The Bertz CT molecular complexity index is 1000. The van der Waals surface area contributed by atoms with Crippen LogP contribution in [0.5, 0.6) is 0 Å². The molecule has 1 heterocycles. The van der Waals surface area contributed by atoms with Gasteiger partial charge >= 0.3 is 0 Å². The lowest BCUT2D eigenvalue weighted by molar-refractivity contribution is -0.130. The van der Waals surface area contributed by atoms with Crippen molar-refractivity contribution in [3.63, 3.8) is 0 Å². The van der Waals surface area contributed by atoms with Crippen molar-refractivity contribution in [2.45, 2.75) is 38.3 Å². The Labute approximate surface area is 179 Å². The number of carbonyl (C=O) groups is 1. The molecule has 2 fully saturated rings. The van der Waals surface area contributed by atoms with Gasteiger partial charge in [0.25, 0.3) is 0 Å². The van der Waals surface area contributed by atoms with E-state index in [2.05, 4.69) is 0 Å². The zero-order valence-electron chi connectivity index (χ0n) is 16.5. The van der Waals surface area contributed by atoms with E-state index in [0.29, 0.717) is 41.7 Å². The minimum absolute atomic E-state index is 0.0557. The van der Waals surface area contributed by atoms with Crippen molar-refractivity contribution in [1.29, 1.82) is 5.26 Å². The second-order valence-electron chi connectivity index (χ2n) is 8.05. The smallest absolute Gasteiger partial charge is 0.222 e. The van der Waals surface area contributed by atoms with Crippen LogP contribution in [0, 0.1) is 28.9 Å². The highest BCUT2D eigenvalue weighted by Crippen LogP contribution is 2.34. The molecule has 1 amide bonds. The van der Waals surface area contributed by atoms with Crippen molar-refractivity contribution in [1.82, 2.24) is 4.90 Å². The van der Waals surface area contributed by atoms with Crippen LogP contribution in [-0.4, -0.2) is 29.9 Å². The zero-order valence-corrected chi connectivity index (χ0v) is 17.2. The van der Waals surface area contributed by atoms with Crippen molar-refractivity contribution in [2.24, 2.45) is 5.92 Å². The number of hydrogen-bond acceptors (Lipinski definition) is 3. The van der Waals surface area contributed by atoms with Gasteiger partial charge < -0.3 is 9.80 Å². The van der Waals surface area contributed by atoms with E-state index in [1.165, 1.54) is 6.07 Å². The van der Waals surface area contributed by atoms with E-state index in [1.807, 2.05) is 15.9 Å². The first kappa shape index (κ1) is 20.6. The summed E-state index contributed by atoms with van der Waals surface area (Å²) >= 11 is 6.24. The second-order valence-corrected chi connectivity index (χ2v) is 8.45. The maximum absolute atomic E-state index is 14.4. The zero-order chi connectivity index (χ0) is 21.3. The fourth-order valence-electron chi connectivity index (χ4n) is 3.98. The number of anilines is 1. The highest BCUT2D eigenvalue weighted by molar-refractivity contribution is 6.32. The quantitative estimate of drug-likeness (QED) is 0.656. The molecule has 2 aromatic rings. The Kier molecular flexibility index (Phi) is 5.92. The summed E-state index contributed by atoms with van der Waals surface area (Å²) in [7, 11) is 0. The van der Waals surface area contributed by atoms with E-state index in [0.717, 1.165) is 25.3 Å². The van der Waals surface area contributed by atoms with Crippen molar-refractivity contribution in [3.8, 4) is 6.07 Å². The first-order valence-corrected chi connectivity index (χ1v) is 10.5. The fourth-order valence-corrected chi connectivity index (χ4v) is 4.20. The van der Waals surface area contributed by atoms with Crippen LogP contribution in [0.1, 0.15) is 36.8 Å². The molecule has 1 atom stereocenters. The molecule has 0 unspecified atom stereocenters. The summed E-state index contributed by atoms with van der Waals surface area (Å²) in [6.45, 7) is 1.31. The number of rotatable bonds is 6. The maximum atomic E-state index is 14.4. The average Bonchev–Trinajstić information content (AvgIpc) is 3.41. The molecular formula is C23H22ClF2N3O. The highest BCUT2D eigenvalue weighted by Gasteiger charge is 2.34. The third-order valence-corrected chi connectivity index (χ3v) is 6.21. The summed E-state index contributed by atoms with van der Waals surface area (Å²) in [5.41, 5.74) is 1.30. The average molecular weight is 430 g/mol. The summed E-state index contributed by atoms with van der Waals surface area (Å²) in [6.07, 6.45) is 3.56.